The first-order valence-corrected chi connectivity index (χ1v) is 8.25. The van der Waals surface area contributed by atoms with Gasteiger partial charge >= 0.3 is 5.97 Å². The summed E-state index contributed by atoms with van der Waals surface area (Å²) in [6.07, 6.45) is 7.07. The second-order valence-corrected chi connectivity index (χ2v) is 7.78. The third kappa shape index (κ3) is 1.67. The van der Waals surface area contributed by atoms with E-state index in [1.165, 1.54) is 17.3 Å². The van der Waals surface area contributed by atoms with Crippen LogP contribution in [-0.2, 0) is 9.53 Å². The zero-order chi connectivity index (χ0) is 12.3. The summed E-state index contributed by atoms with van der Waals surface area (Å²) in [6, 6.07) is 0. The van der Waals surface area contributed by atoms with Gasteiger partial charge < -0.3 is 4.74 Å². The van der Waals surface area contributed by atoms with E-state index < -0.39 is 0 Å². The van der Waals surface area contributed by atoms with Crippen LogP contribution in [0.15, 0.2) is 0 Å². The molecule has 4 unspecified atom stereocenters. The fourth-order valence-electron chi connectivity index (χ4n) is 5.03. The van der Waals surface area contributed by atoms with Gasteiger partial charge in [-0.1, -0.05) is 35.9 Å². The van der Waals surface area contributed by atoms with Crippen LogP contribution >= 0.6 is 22.6 Å². The molecular weight excluding hydrogens is 327 g/mol. The number of hydrogen-bond donors (Lipinski definition) is 0. The molecule has 2 aliphatic heterocycles. The standard InChI is InChI=1S/C14H21IO2/c1-3-13-4-10-5-14(8-13,9-15)7-12(2,6-13)11(16)17-10/h10H,3-9H2,1-2H3. The van der Waals surface area contributed by atoms with Gasteiger partial charge in [-0.15, -0.1) is 0 Å². The van der Waals surface area contributed by atoms with Crippen molar-refractivity contribution in [3.63, 3.8) is 0 Å². The van der Waals surface area contributed by atoms with Crippen molar-refractivity contribution in [1.29, 1.82) is 0 Å². The highest BCUT2D eigenvalue weighted by molar-refractivity contribution is 14.1. The molecule has 0 aromatic rings. The lowest BCUT2D eigenvalue weighted by Gasteiger charge is -2.55. The van der Waals surface area contributed by atoms with Crippen molar-refractivity contribution in [3.8, 4) is 0 Å². The first-order valence-electron chi connectivity index (χ1n) is 6.72. The van der Waals surface area contributed by atoms with Crippen molar-refractivity contribution in [3.05, 3.63) is 0 Å². The number of carbonyl (C=O) groups excluding carboxylic acids is 1. The minimum Gasteiger partial charge on any atom is -0.462 e. The first-order chi connectivity index (χ1) is 7.95. The van der Waals surface area contributed by atoms with Gasteiger partial charge in [0, 0.05) is 4.43 Å². The molecule has 2 aliphatic carbocycles. The van der Waals surface area contributed by atoms with E-state index >= 15 is 0 Å². The Morgan fingerprint density at radius 2 is 1.94 bits per heavy atom. The van der Waals surface area contributed by atoms with Crippen molar-refractivity contribution in [1.82, 2.24) is 0 Å². The highest BCUT2D eigenvalue weighted by Gasteiger charge is 2.62. The maximum Gasteiger partial charge on any atom is 0.312 e. The van der Waals surface area contributed by atoms with E-state index in [4.69, 9.17) is 4.74 Å². The zero-order valence-electron chi connectivity index (χ0n) is 10.7. The van der Waals surface area contributed by atoms with E-state index in [2.05, 4.69) is 36.4 Å². The second kappa shape index (κ2) is 3.61. The van der Waals surface area contributed by atoms with Crippen LogP contribution in [0.2, 0.25) is 0 Å². The number of hydrogen-bond acceptors (Lipinski definition) is 2. The van der Waals surface area contributed by atoms with Crippen LogP contribution in [-0.4, -0.2) is 16.5 Å². The van der Waals surface area contributed by atoms with Gasteiger partial charge in [0.15, 0.2) is 0 Å². The number of halogens is 1. The van der Waals surface area contributed by atoms with Crippen LogP contribution in [0.25, 0.3) is 0 Å². The molecule has 0 aromatic carbocycles. The van der Waals surface area contributed by atoms with Crippen LogP contribution < -0.4 is 0 Å². The van der Waals surface area contributed by atoms with Gasteiger partial charge in [-0.05, 0) is 49.9 Å². The van der Waals surface area contributed by atoms with Crippen molar-refractivity contribution in [2.24, 2.45) is 16.2 Å². The predicted molar refractivity (Wildman–Crippen MR) is 75.1 cm³/mol. The van der Waals surface area contributed by atoms with Gasteiger partial charge in [-0.2, -0.15) is 0 Å². The van der Waals surface area contributed by atoms with E-state index in [-0.39, 0.29) is 17.5 Å². The van der Waals surface area contributed by atoms with Crippen molar-refractivity contribution in [2.45, 2.75) is 58.5 Å². The number of carbonyl (C=O) groups is 1. The summed E-state index contributed by atoms with van der Waals surface area (Å²) in [5.74, 6) is 0.0873. The molecule has 2 nitrogen and oxygen atoms in total. The number of esters is 1. The minimum absolute atomic E-state index is 0.0873. The van der Waals surface area contributed by atoms with E-state index in [1.54, 1.807) is 0 Å². The molecule has 2 saturated heterocycles. The van der Waals surface area contributed by atoms with Crippen molar-refractivity contribution < 1.29 is 9.53 Å². The highest BCUT2D eigenvalue weighted by Crippen LogP contribution is 2.65. The Bertz CT molecular complexity index is 345. The quantitative estimate of drug-likeness (QED) is 0.432. The Labute approximate surface area is 117 Å². The molecule has 4 atom stereocenters. The monoisotopic (exact) mass is 348 g/mol. The average molecular weight is 348 g/mol. The fraction of sp³-hybridized carbons (Fsp3) is 0.929. The average Bonchev–Trinajstić information content (AvgIpc) is 2.38. The van der Waals surface area contributed by atoms with E-state index in [9.17, 15) is 4.79 Å². The molecule has 0 radical (unpaired) electrons. The molecule has 2 heterocycles. The van der Waals surface area contributed by atoms with Gasteiger partial charge in [-0.3, -0.25) is 4.79 Å². The maximum atomic E-state index is 12.3. The van der Waals surface area contributed by atoms with Gasteiger partial charge in [0.05, 0.1) is 5.41 Å². The molecule has 4 bridgehead atoms. The summed E-state index contributed by atoms with van der Waals surface area (Å²) in [7, 11) is 0. The summed E-state index contributed by atoms with van der Waals surface area (Å²) < 4.78 is 6.93. The molecule has 0 amide bonds. The highest BCUT2D eigenvalue weighted by atomic mass is 127. The smallest absolute Gasteiger partial charge is 0.312 e. The molecule has 4 rings (SSSR count). The molecule has 2 saturated carbocycles. The topological polar surface area (TPSA) is 26.3 Å². The number of alkyl halides is 1. The molecule has 3 heteroatoms. The van der Waals surface area contributed by atoms with Crippen LogP contribution in [0.5, 0.6) is 0 Å². The molecule has 4 fully saturated rings. The Balaban J connectivity index is 2.09. The molecule has 17 heavy (non-hydrogen) atoms. The van der Waals surface area contributed by atoms with E-state index in [0.29, 0.717) is 10.8 Å². The zero-order valence-corrected chi connectivity index (χ0v) is 12.9. The third-order valence-electron chi connectivity index (χ3n) is 5.40. The number of rotatable bonds is 2. The molecular formula is C14H21IO2. The Hall–Kier alpha value is 0.200. The van der Waals surface area contributed by atoms with Crippen LogP contribution in [0.4, 0.5) is 0 Å². The summed E-state index contributed by atoms with van der Waals surface area (Å²) in [6.45, 7) is 4.44. The largest absolute Gasteiger partial charge is 0.462 e. The van der Waals surface area contributed by atoms with Gasteiger partial charge in [0.1, 0.15) is 6.10 Å². The SMILES string of the molecule is CCC12CC3CC(CI)(C1)CC(C)(C2)C(=O)O3. The molecule has 4 aliphatic rings. The lowest BCUT2D eigenvalue weighted by atomic mass is 9.48. The number of ether oxygens (including phenoxy) is 1. The Kier molecular flexibility index (Phi) is 2.60. The second-order valence-electron chi connectivity index (χ2n) is 7.01. The summed E-state index contributed by atoms with van der Waals surface area (Å²) in [4.78, 5) is 12.3. The summed E-state index contributed by atoms with van der Waals surface area (Å²) in [5.41, 5.74) is 0.552. The molecule has 0 spiro atoms. The van der Waals surface area contributed by atoms with Crippen LogP contribution in [0.1, 0.15) is 52.4 Å². The third-order valence-corrected chi connectivity index (χ3v) is 7.02. The van der Waals surface area contributed by atoms with Crippen LogP contribution in [0, 0.1) is 16.2 Å². The maximum absolute atomic E-state index is 12.3. The molecule has 96 valence electrons. The van der Waals surface area contributed by atoms with E-state index in [1.807, 2.05) is 0 Å². The van der Waals surface area contributed by atoms with Gasteiger partial charge in [0.2, 0.25) is 0 Å². The Morgan fingerprint density at radius 1 is 1.29 bits per heavy atom. The summed E-state index contributed by atoms with van der Waals surface area (Å²) in [5, 5.41) is 0. The van der Waals surface area contributed by atoms with Gasteiger partial charge in [-0.25, -0.2) is 0 Å². The lowest BCUT2D eigenvalue weighted by Crippen LogP contribution is -2.50. The molecule has 0 N–H and O–H groups in total. The fourth-order valence-corrected chi connectivity index (χ4v) is 5.88. The van der Waals surface area contributed by atoms with Gasteiger partial charge in [0.25, 0.3) is 0 Å². The normalized spacial score (nSPS) is 52.4. The van der Waals surface area contributed by atoms with Crippen molar-refractivity contribution >= 4 is 28.6 Å². The lowest BCUT2D eigenvalue weighted by molar-refractivity contribution is -0.157. The Morgan fingerprint density at radius 3 is 2.59 bits per heavy atom. The number of fused-ring (bicyclic) bond motifs is 1. The summed E-state index contributed by atoms with van der Waals surface area (Å²) >= 11 is 2.52. The first kappa shape index (κ1) is 12.2. The predicted octanol–water partition coefficient (Wildman–Crippen LogP) is 3.71. The van der Waals surface area contributed by atoms with Crippen LogP contribution in [0.3, 0.4) is 0 Å². The van der Waals surface area contributed by atoms with E-state index in [0.717, 1.165) is 25.7 Å². The minimum atomic E-state index is -0.204. The molecule has 0 aromatic heterocycles. The van der Waals surface area contributed by atoms with Crippen molar-refractivity contribution in [2.75, 3.05) is 4.43 Å².